The van der Waals surface area contributed by atoms with E-state index in [4.69, 9.17) is 5.26 Å². The summed E-state index contributed by atoms with van der Waals surface area (Å²) in [7, 11) is 0. The summed E-state index contributed by atoms with van der Waals surface area (Å²) in [5.74, 6) is -0.112. The lowest BCUT2D eigenvalue weighted by Gasteiger charge is -2.52. The molecule has 0 amide bonds. The Morgan fingerprint density at radius 2 is 2.05 bits per heavy atom. The number of piperidine rings is 1. The van der Waals surface area contributed by atoms with E-state index in [2.05, 4.69) is 11.0 Å². The number of aliphatic hydroxyl groups is 1. The van der Waals surface area contributed by atoms with Crippen LogP contribution in [0.5, 0.6) is 0 Å². The molecular formula is C17H21FN2O. The summed E-state index contributed by atoms with van der Waals surface area (Å²) in [4.78, 5) is 2.14. The highest BCUT2D eigenvalue weighted by molar-refractivity contribution is 5.24. The first-order chi connectivity index (χ1) is 10.1. The van der Waals surface area contributed by atoms with Crippen molar-refractivity contribution in [2.75, 3.05) is 13.1 Å². The molecular weight excluding hydrogens is 267 g/mol. The Hall–Kier alpha value is -1.44. The van der Waals surface area contributed by atoms with Gasteiger partial charge in [0.2, 0.25) is 0 Å². The molecule has 3 atom stereocenters. The number of rotatable bonds is 2. The zero-order valence-electron chi connectivity index (χ0n) is 12.1. The fourth-order valence-corrected chi connectivity index (χ4v) is 4.11. The van der Waals surface area contributed by atoms with Crippen molar-refractivity contribution >= 4 is 0 Å². The summed E-state index contributed by atoms with van der Waals surface area (Å²) < 4.78 is 13.2. The standard InChI is InChI=1S/C17H21FN2O/c18-14-6-4-13(5-7-14)16-15-3-1-2-8-17(15,21)9-11-20(16)12-10-19/h4-7,15-16,21H,1-3,8-9,11-12H2/t15-,16+,17+/m0/s1. The fraction of sp³-hybridized carbons (Fsp3) is 0.588. The van der Waals surface area contributed by atoms with Crippen LogP contribution in [0.15, 0.2) is 24.3 Å². The smallest absolute Gasteiger partial charge is 0.123 e. The Morgan fingerprint density at radius 3 is 2.76 bits per heavy atom. The average Bonchev–Trinajstić information content (AvgIpc) is 2.49. The van der Waals surface area contributed by atoms with Gasteiger partial charge in [-0.05, 0) is 37.0 Å². The first kappa shape index (κ1) is 14.5. The maximum absolute atomic E-state index is 13.2. The molecule has 1 heterocycles. The van der Waals surface area contributed by atoms with E-state index < -0.39 is 5.60 Å². The van der Waals surface area contributed by atoms with Crippen LogP contribution in [0.25, 0.3) is 0 Å². The number of halogens is 1. The van der Waals surface area contributed by atoms with Gasteiger partial charge in [0, 0.05) is 18.5 Å². The predicted molar refractivity (Wildman–Crippen MR) is 77.9 cm³/mol. The normalized spacial score (nSPS) is 33.2. The van der Waals surface area contributed by atoms with Gasteiger partial charge in [-0.15, -0.1) is 0 Å². The summed E-state index contributed by atoms with van der Waals surface area (Å²) in [5.41, 5.74) is 0.389. The van der Waals surface area contributed by atoms with Crippen molar-refractivity contribution in [3.8, 4) is 6.07 Å². The van der Waals surface area contributed by atoms with Gasteiger partial charge in [0.25, 0.3) is 0 Å². The summed E-state index contributed by atoms with van der Waals surface area (Å²) >= 11 is 0. The zero-order chi connectivity index (χ0) is 14.9. The zero-order valence-corrected chi connectivity index (χ0v) is 12.1. The van der Waals surface area contributed by atoms with Crippen LogP contribution in [0, 0.1) is 23.1 Å². The van der Waals surface area contributed by atoms with Crippen LogP contribution in [-0.4, -0.2) is 28.7 Å². The second-order valence-corrected chi connectivity index (χ2v) is 6.33. The Morgan fingerprint density at radius 1 is 1.29 bits per heavy atom. The first-order valence-electron chi connectivity index (χ1n) is 7.73. The Bertz CT molecular complexity index is 539. The third-order valence-electron chi connectivity index (χ3n) is 5.16. The SMILES string of the molecule is N#CCN1CC[C@]2(O)CCCC[C@H]2[C@H]1c1ccc(F)cc1. The fourth-order valence-electron chi connectivity index (χ4n) is 4.11. The number of benzene rings is 1. The highest BCUT2D eigenvalue weighted by atomic mass is 19.1. The number of nitriles is 1. The molecule has 0 spiro atoms. The van der Waals surface area contributed by atoms with Crippen LogP contribution in [0.2, 0.25) is 0 Å². The number of hydrogen-bond donors (Lipinski definition) is 1. The minimum absolute atomic E-state index is 0.0179. The van der Waals surface area contributed by atoms with Crippen molar-refractivity contribution < 1.29 is 9.50 Å². The minimum atomic E-state index is -0.622. The molecule has 1 aliphatic carbocycles. The lowest BCUT2D eigenvalue weighted by molar-refractivity contribution is -0.121. The molecule has 0 unspecified atom stereocenters. The van der Waals surface area contributed by atoms with Crippen LogP contribution >= 0.6 is 0 Å². The van der Waals surface area contributed by atoms with Crippen molar-refractivity contribution in [3.63, 3.8) is 0 Å². The topological polar surface area (TPSA) is 47.3 Å². The Balaban J connectivity index is 1.96. The largest absolute Gasteiger partial charge is 0.389 e. The summed E-state index contributed by atoms with van der Waals surface area (Å²) in [6, 6.07) is 8.77. The molecule has 21 heavy (non-hydrogen) atoms. The van der Waals surface area contributed by atoms with Crippen LogP contribution in [0.1, 0.15) is 43.7 Å². The van der Waals surface area contributed by atoms with Crippen molar-refractivity contribution in [1.29, 1.82) is 5.26 Å². The van der Waals surface area contributed by atoms with E-state index in [1.165, 1.54) is 12.1 Å². The van der Waals surface area contributed by atoms with Gasteiger partial charge in [-0.1, -0.05) is 25.0 Å². The maximum atomic E-state index is 13.2. The van der Waals surface area contributed by atoms with Gasteiger partial charge >= 0.3 is 0 Å². The summed E-state index contributed by atoms with van der Waals surface area (Å²) in [5, 5.41) is 20.1. The maximum Gasteiger partial charge on any atom is 0.123 e. The van der Waals surface area contributed by atoms with Gasteiger partial charge in [0.1, 0.15) is 5.82 Å². The predicted octanol–water partition coefficient (Wildman–Crippen LogP) is 3.02. The molecule has 0 radical (unpaired) electrons. The monoisotopic (exact) mass is 288 g/mol. The average molecular weight is 288 g/mol. The van der Waals surface area contributed by atoms with E-state index in [9.17, 15) is 9.50 Å². The molecule has 2 fully saturated rings. The van der Waals surface area contributed by atoms with Crippen molar-refractivity contribution in [2.24, 2.45) is 5.92 Å². The van der Waals surface area contributed by atoms with Crippen LogP contribution in [0.3, 0.4) is 0 Å². The molecule has 112 valence electrons. The van der Waals surface area contributed by atoms with Crippen LogP contribution < -0.4 is 0 Å². The molecule has 1 saturated heterocycles. The van der Waals surface area contributed by atoms with E-state index in [0.29, 0.717) is 6.54 Å². The molecule has 4 heteroatoms. The van der Waals surface area contributed by atoms with Gasteiger partial charge in [-0.3, -0.25) is 4.90 Å². The van der Waals surface area contributed by atoms with Crippen LogP contribution in [0.4, 0.5) is 4.39 Å². The summed E-state index contributed by atoms with van der Waals surface area (Å²) in [6.45, 7) is 1.08. The summed E-state index contributed by atoms with van der Waals surface area (Å²) in [6.07, 6.45) is 4.74. The molecule has 1 aromatic carbocycles. The van der Waals surface area contributed by atoms with Gasteiger partial charge in [-0.25, -0.2) is 4.39 Å². The molecule has 2 aliphatic rings. The third-order valence-corrected chi connectivity index (χ3v) is 5.16. The number of fused-ring (bicyclic) bond motifs is 1. The second kappa shape index (κ2) is 5.75. The lowest BCUT2D eigenvalue weighted by atomic mass is 9.66. The van der Waals surface area contributed by atoms with Crippen molar-refractivity contribution in [2.45, 2.75) is 43.7 Å². The molecule has 0 bridgehead atoms. The van der Waals surface area contributed by atoms with Gasteiger partial charge in [-0.2, -0.15) is 5.26 Å². The van der Waals surface area contributed by atoms with Gasteiger partial charge in [0.15, 0.2) is 0 Å². The second-order valence-electron chi connectivity index (χ2n) is 6.33. The highest BCUT2D eigenvalue weighted by Crippen LogP contribution is 2.49. The number of nitrogens with zero attached hydrogens (tertiary/aromatic N) is 2. The first-order valence-corrected chi connectivity index (χ1v) is 7.73. The van der Waals surface area contributed by atoms with Crippen LogP contribution in [-0.2, 0) is 0 Å². The number of likely N-dealkylation sites (tertiary alicyclic amines) is 1. The Labute approximate surface area is 125 Å². The molecule has 0 aromatic heterocycles. The van der Waals surface area contributed by atoms with Crippen molar-refractivity contribution in [3.05, 3.63) is 35.6 Å². The quantitative estimate of drug-likeness (QED) is 0.851. The van der Waals surface area contributed by atoms with Gasteiger partial charge in [0.05, 0.1) is 18.2 Å². The minimum Gasteiger partial charge on any atom is -0.389 e. The lowest BCUT2D eigenvalue weighted by Crippen LogP contribution is -2.54. The highest BCUT2D eigenvalue weighted by Gasteiger charge is 2.48. The molecule has 1 aliphatic heterocycles. The van der Waals surface area contributed by atoms with E-state index in [-0.39, 0.29) is 17.8 Å². The van der Waals surface area contributed by atoms with E-state index in [1.54, 1.807) is 12.1 Å². The molecule has 3 rings (SSSR count). The molecule has 1 aromatic rings. The van der Waals surface area contributed by atoms with Crippen molar-refractivity contribution in [1.82, 2.24) is 4.90 Å². The van der Waals surface area contributed by atoms with Gasteiger partial charge < -0.3 is 5.11 Å². The molecule has 1 N–H and O–H groups in total. The van der Waals surface area contributed by atoms with E-state index >= 15 is 0 Å². The molecule has 3 nitrogen and oxygen atoms in total. The number of hydrogen-bond acceptors (Lipinski definition) is 3. The van der Waals surface area contributed by atoms with E-state index in [1.807, 2.05) is 0 Å². The third kappa shape index (κ3) is 2.68. The van der Waals surface area contributed by atoms with E-state index in [0.717, 1.165) is 44.2 Å². The molecule has 1 saturated carbocycles. The Kier molecular flexibility index (Phi) is 3.97.